The van der Waals surface area contributed by atoms with Crippen LogP contribution in [0.5, 0.6) is 5.75 Å². The summed E-state index contributed by atoms with van der Waals surface area (Å²) in [7, 11) is 1.66. The molecule has 0 radical (unpaired) electrons. The Labute approximate surface area is 118 Å². The Morgan fingerprint density at radius 3 is 2.68 bits per heavy atom. The van der Waals surface area contributed by atoms with Gasteiger partial charge in [-0.05, 0) is 31.5 Å². The smallest absolute Gasteiger partial charge is 0.163 e. The number of hydrogen-bond donors (Lipinski definition) is 0. The Hall–Kier alpha value is -1.10. The van der Waals surface area contributed by atoms with Crippen molar-refractivity contribution in [3.05, 3.63) is 28.8 Å². The third kappa shape index (κ3) is 6.05. The van der Waals surface area contributed by atoms with Gasteiger partial charge in [-0.2, -0.15) is 0 Å². The molecule has 0 fully saturated rings. The van der Waals surface area contributed by atoms with Crippen LogP contribution in [0.2, 0.25) is 5.02 Å². The normalized spacial score (nSPS) is 10.5. The molecule has 1 aromatic carbocycles. The number of ketones is 1. The van der Waals surface area contributed by atoms with Gasteiger partial charge >= 0.3 is 0 Å². The second-order valence-electron chi connectivity index (χ2n) is 4.00. The molecule has 106 valence electrons. The lowest BCUT2D eigenvalue weighted by Crippen LogP contribution is -2.10. The third-order valence-corrected chi connectivity index (χ3v) is 2.68. The Bertz CT molecular complexity index is 406. The van der Waals surface area contributed by atoms with Gasteiger partial charge in [-0.1, -0.05) is 11.6 Å². The SMILES string of the molecule is COCCCOCCOc1ccc(Cl)cc1C(C)=O. The molecule has 0 atom stereocenters. The molecule has 0 amide bonds. The molecule has 0 saturated heterocycles. The summed E-state index contributed by atoms with van der Waals surface area (Å²) < 4.78 is 15.8. The standard InChI is InChI=1S/C14H19ClO4/c1-11(16)13-10-12(15)4-5-14(13)19-9-8-18-7-3-6-17-2/h4-5,10H,3,6-9H2,1-2H3. The molecule has 0 heterocycles. The fourth-order valence-electron chi connectivity index (χ4n) is 1.52. The molecule has 1 aromatic rings. The number of Topliss-reactive ketones (excluding diaryl/α,β-unsaturated/α-hetero) is 1. The lowest BCUT2D eigenvalue weighted by molar-refractivity contribution is 0.0799. The molecule has 0 aromatic heterocycles. The zero-order valence-electron chi connectivity index (χ0n) is 11.3. The molecule has 0 spiro atoms. The molecule has 1 rings (SSSR count). The number of halogens is 1. The van der Waals surface area contributed by atoms with Gasteiger partial charge in [0.2, 0.25) is 0 Å². The summed E-state index contributed by atoms with van der Waals surface area (Å²) in [5.41, 5.74) is 0.492. The monoisotopic (exact) mass is 286 g/mol. The first-order chi connectivity index (χ1) is 9.15. The van der Waals surface area contributed by atoms with Crippen LogP contribution < -0.4 is 4.74 Å². The van der Waals surface area contributed by atoms with Gasteiger partial charge in [0.25, 0.3) is 0 Å². The Morgan fingerprint density at radius 1 is 1.21 bits per heavy atom. The number of carbonyl (C=O) groups excluding carboxylic acids is 1. The van der Waals surface area contributed by atoms with Gasteiger partial charge in [0, 0.05) is 25.3 Å². The van der Waals surface area contributed by atoms with Crippen LogP contribution in [0.15, 0.2) is 18.2 Å². The first-order valence-electron chi connectivity index (χ1n) is 6.15. The van der Waals surface area contributed by atoms with Crippen LogP contribution >= 0.6 is 11.6 Å². The minimum absolute atomic E-state index is 0.0708. The number of ether oxygens (including phenoxy) is 3. The third-order valence-electron chi connectivity index (χ3n) is 2.44. The zero-order valence-corrected chi connectivity index (χ0v) is 12.0. The van der Waals surface area contributed by atoms with E-state index in [4.69, 9.17) is 25.8 Å². The van der Waals surface area contributed by atoms with Crippen molar-refractivity contribution in [1.82, 2.24) is 0 Å². The number of hydrogen-bond acceptors (Lipinski definition) is 4. The van der Waals surface area contributed by atoms with Gasteiger partial charge in [0.05, 0.1) is 12.2 Å². The minimum atomic E-state index is -0.0708. The summed E-state index contributed by atoms with van der Waals surface area (Å²) in [6.07, 6.45) is 0.857. The van der Waals surface area contributed by atoms with E-state index in [-0.39, 0.29) is 5.78 Å². The molecule has 0 aliphatic heterocycles. The van der Waals surface area contributed by atoms with Crippen LogP contribution in [0.3, 0.4) is 0 Å². The number of rotatable bonds is 9. The summed E-state index contributed by atoms with van der Waals surface area (Å²) in [6, 6.07) is 5.01. The van der Waals surface area contributed by atoms with Crippen LogP contribution in [-0.2, 0) is 9.47 Å². The Kier molecular flexibility index (Phi) is 7.48. The highest BCUT2D eigenvalue weighted by Crippen LogP contribution is 2.23. The van der Waals surface area contributed by atoms with Crippen molar-refractivity contribution < 1.29 is 19.0 Å². The van der Waals surface area contributed by atoms with Crippen molar-refractivity contribution in [2.45, 2.75) is 13.3 Å². The fraction of sp³-hybridized carbons (Fsp3) is 0.500. The molecule has 0 bridgehead atoms. The highest BCUT2D eigenvalue weighted by molar-refractivity contribution is 6.31. The van der Waals surface area contributed by atoms with E-state index < -0.39 is 0 Å². The molecule has 0 aliphatic carbocycles. The Morgan fingerprint density at radius 2 is 2.00 bits per heavy atom. The lowest BCUT2D eigenvalue weighted by Gasteiger charge is -2.10. The van der Waals surface area contributed by atoms with Gasteiger partial charge in [-0.15, -0.1) is 0 Å². The summed E-state index contributed by atoms with van der Waals surface area (Å²) >= 11 is 5.85. The van der Waals surface area contributed by atoms with E-state index >= 15 is 0 Å². The molecule has 0 saturated carbocycles. The van der Waals surface area contributed by atoms with Crippen molar-refractivity contribution in [1.29, 1.82) is 0 Å². The largest absolute Gasteiger partial charge is 0.490 e. The second-order valence-corrected chi connectivity index (χ2v) is 4.44. The van der Waals surface area contributed by atoms with E-state index in [1.54, 1.807) is 25.3 Å². The van der Waals surface area contributed by atoms with Gasteiger partial charge < -0.3 is 14.2 Å². The van der Waals surface area contributed by atoms with E-state index in [1.807, 2.05) is 0 Å². The minimum Gasteiger partial charge on any atom is -0.490 e. The van der Waals surface area contributed by atoms with Crippen molar-refractivity contribution in [2.24, 2.45) is 0 Å². The predicted octanol–water partition coefficient (Wildman–Crippen LogP) is 2.97. The molecular formula is C14H19ClO4. The number of carbonyl (C=O) groups is 1. The first-order valence-corrected chi connectivity index (χ1v) is 6.53. The average molecular weight is 287 g/mol. The maximum Gasteiger partial charge on any atom is 0.163 e. The fourth-order valence-corrected chi connectivity index (χ4v) is 1.69. The van der Waals surface area contributed by atoms with Crippen LogP contribution in [0.1, 0.15) is 23.7 Å². The van der Waals surface area contributed by atoms with E-state index in [0.717, 1.165) is 6.42 Å². The van der Waals surface area contributed by atoms with Crippen molar-refractivity contribution in [3.8, 4) is 5.75 Å². The van der Waals surface area contributed by atoms with Gasteiger partial charge in [-0.3, -0.25) is 4.79 Å². The van der Waals surface area contributed by atoms with Gasteiger partial charge in [-0.25, -0.2) is 0 Å². The van der Waals surface area contributed by atoms with Crippen molar-refractivity contribution in [2.75, 3.05) is 33.5 Å². The summed E-state index contributed by atoms with van der Waals surface area (Å²) in [5, 5.41) is 0.522. The molecule has 5 heteroatoms. The highest BCUT2D eigenvalue weighted by atomic mass is 35.5. The maximum atomic E-state index is 11.4. The van der Waals surface area contributed by atoms with Crippen LogP contribution in [-0.4, -0.2) is 39.3 Å². The van der Waals surface area contributed by atoms with E-state index in [1.165, 1.54) is 6.92 Å². The summed E-state index contributed by atoms with van der Waals surface area (Å²) in [6.45, 7) is 3.68. The van der Waals surface area contributed by atoms with Crippen molar-refractivity contribution >= 4 is 17.4 Å². The molecule has 4 nitrogen and oxygen atoms in total. The lowest BCUT2D eigenvalue weighted by atomic mass is 10.1. The number of benzene rings is 1. The van der Waals surface area contributed by atoms with Crippen LogP contribution in [0, 0.1) is 0 Å². The summed E-state index contributed by atoms with van der Waals surface area (Å²) in [5.74, 6) is 0.468. The quantitative estimate of drug-likeness (QED) is 0.517. The van der Waals surface area contributed by atoms with E-state index in [2.05, 4.69) is 0 Å². The van der Waals surface area contributed by atoms with E-state index in [9.17, 15) is 4.79 Å². The molecule has 0 N–H and O–H groups in total. The average Bonchev–Trinajstić information content (AvgIpc) is 2.39. The second kappa shape index (κ2) is 8.91. The first kappa shape index (κ1) is 16.0. The molecular weight excluding hydrogens is 268 g/mol. The topological polar surface area (TPSA) is 44.8 Å². The molecule has 0 aliphatic rings. The zero-order chi connectivity index (χ0) is 14.1. The van der Waals surface area contributed by atoms with Crippen LogP contribution in [0.4, 0.5) is 0 Å². The van der Waals surface area contributed by atoms with Crippen molar-refractivity contribution in [3.63, 3.8) is 0 Å². The van der Waals surface area contributed by atoms with Crippen LogP contribution in [0.25, 0.3) is 0 Å². The number of methoxy groups -OCH3 is 1. The summed E-state index contributed by atoms with van der Waals surface area (Å²) in [4.78, 5) is 11.4. The predicted molar refractivity (Wildman–Crippen MR) is 74.3 cm³/mol. The van der Waals surface area contributed by atoms with E-state index in [0.29, 0.717) is 42.8 Å². The van der Waals surface area contributed by atoms with Gasteiger partial charge in [0.15, 0.2) is 5.78 Å². The maximum absolute atomic E-state index is 11.4. The molecule has 0 unspecified atom stereocenters. The Balaban J connectivity index is 2.35. The van der Waals surface area contributed by atoms with Gasteiger partial charge in [0.1, 0.15) is 12.4 Å². The molecule has 19 heavy (non-hydrogen) atoms. The highest BCUT2D eigenvalue weighted by Gasteiger charge is 2.09.